The maximum absolute atomic E-state index is 12.9. The number of carboxylic acids is 1. The number of hydrogen-bond acceptors (Lipinski definition) is 2. The van der Waals surface area contributed by atoms with Crippen LogP contribution in [0.15, 0.2) is 54.6 Å². The molecule has 3 nitrogen and oxygen atoms in total. The molecule has 0 aliphatic heterocycles. The van der Waals surface area contributed by atoms with Gasteiger partial charge >= 0.3 is 5.97 Å². The molecule has 0 radical (unpaired) electrons. The second kappa shape index (κ2) is 6.70. The van der Waals surface area contributed by atoms with Crippen LogP contribution in [0.25, 0.3) is 6.08 Å². The normalized spacial score (nSPS) is 10.8. The van der Waals surface area contributed by atoms with E-state index < -0.39 is 5.97 Å². The molecule has 0 aliphatic rings. The van der Waals surface area contributed by atoms with E-state index in [0.717, 1.165) is 22.9 Å². The quantitative estimate of drug-likeness (QED) is 0.854. The Balaban J connectivity index is 2.10. The van der Waals surface area contributed by atoms with E-state index >= 15 is 0 Å². The Morgan fingerprint density at radius 1 is 1.24 bits per heavy atom. The van der Waals surface area contributed by atoms with Crippen LogP contribution < -0.4 is 4.90 Å². The minimum absolute atomic E-state index is 0.257. The van der Waals surface area contributed by atoms with Crippen molar-refractivity contribution in [2.45, 2.75) is 6.54 Å². The highest BCUT2D eigenvalue weighted by Gasteiger charge is 2.03. The summed E-state index contributed by atoms with van der Waals surface area (Å²) in [7, 11) is 1.92. The Labute approximate surface area is 123 Å². The van der Waals surface area contributed by atoms with Crippen molar-refractivity contribution >= 4 is 17.7 Å². The lowest BCUT2D eigenvalue weighted by Gasteiger charge is -2.19. The molecule has 0 atom stereocenters. The molecule has 0 aliphatic carbocycles. The molecule has 21 heavy (non-hydrogen) atoms. The minimum atomic E-state index is -0.969. The number of anilines is 1. The van der Waals surface area contributed by atoms with Gasteiger partial charge in [0.15, 0.2) is 0 Å². The Morgan fingerprint density at radius 3 is 2.62 bits per heavy atom. The molecule has 0 aromatic heterocycles. The monoisotopic (exact) mass is 285 g/mol. The first-order valence-electron chi connectivity index (χ1n) is 6.51. The van der Waals surface area contributed by atoms with Crippen molar-refractivity contribution in [2.75, 3.05) is 11.9 Å². The second-order valence-corrected chi connectivity index (χ2v) is 4.75. The van der Waals surface area contributed by atoms with E-state index in [-0.39, 0.29) is 5.82 Å². The van der Waals surface area contributed by atoms with Gasteiger partial charge in [-0.3, -0.25) is 0 Å². The second-order valence-electron chi connectivity index (χ2n) is 4.75. The van der Waals surface area contributed by atoms with Crippen LogP contribution in [-0.2, 0) is 11.3 Å². The van der Waals surface area contributed by atoms with E-state index in [4.69, 9.17) is 5.11 Å². The molecule has 108 valence electrons. The molecular weight excluding hydrogens is 269 g/mol. The van der Waals surface area contributed by atoms with Gasteiger partial charge in [0, 0.05) is 25.4 Å². The Morgan fingerprint density at radius 2 is 1.95 bits per heavy atom. The summed E-state index contributed by atoms with van der Waals surface area (Å²) in [6, 6.07) is 13.9. The van der Waals surface area contributed by atoms with E-state index in [1.807, 2.05) is 36.2 Å². The van der Waals surface area contributed by atoms with Gasteiger partial charge in [0.1, 0.15) is 5.82 Å². The van der Waals surface area contributed by atoms with Crippen LogP contribution in [0.1, 0.15) is 11.1 Å². The van der Waals surface area contributed by atoms with Gasteiger partial charge in [-0.15, -0.1) is 0 Å². The first kappa shape index (κ1) is 14.8. The fourth-order valence-electron chi connectivity index (χ4n) is 2.02. The predicted octanol–water partition coefficient (Wildman–Crippen LogP) is 3.56. The first-order chi connectivity index (χ1) is 10.0. The van der Waals surface area contributed by atoms with Crippen molar-refractivity contribution in [3.05, 3.63) is 71.6 Å². The zero-order chi connectivity index (χ0) is 15.2. The molecule has 0 unspecified atom stereocenters. The summed E-state index contributed by atoms with van der Waals surface area (Å²) in [6.07, 6.45) is 2.67. The van der Waals surface area contributed by atoms with Crippen LogP contribution in [0.5, 0.6) is 0 Å². The lowest BCUT2D eigenvalue weighted by Crippen LogP contribution is -2.16. The number of nitrogens with zero attached hydrogens (tertiary/aromatic N) is 1. The topological polar surface area (TPSA) is 40.5 Å². The molecular formula is C17H16FNO2. The van der Waals surface area contributed by atoms with E-state index in [1.165, 1.54) is 12.1 Å². The average Bonchev–Trinajstić information content (AvgIpc) is 2.46. The van der Waals surface area contributed by atoms with Crippen molar-refractivity contribution in [1.29, 1.82) is 0 Å². The Kier molecular flexibility index (Phi) is 4.72. The van der Waals surface area contributed by atoms with Gasteiger partial charge in [-0.1, -0.05) is 18.2 Å². The smallest absolute Gasteiger partial charge is 0.328 e. The first-order valence-corrected chi connectivity index (χ1v) is 6.51. The number of benzene rings is 2. The summed E-state index contributed by atoms with van der Waals surface area (Å²) >= 11 is 0. The largest absolute Gasteiger partial charge is 0.478 e. The van der Waals surface area contributed by atoms with Gasteiger partial charge < -0.3 is 10.0 Å². The van der Waals surface area contributed by atoms with Gasteiger partial charge in [0.05, 0.1) is 0 Å². The lowest BCUT2D eigenvalue weighted by atomic mass is 10.1. The van der Waals surface area contributed by atoms with Crippen molar-refractivity contribution in [3.8, 4) is 0 Å². The zero-order valence-electron chi connectivity index (χ0n) is 11.7. The van der Waals surface area contributed by atoms with Crippen LogP contribution in [0.3, 0.4) is 0 Å². The van der Waals surface area contributed by atoms with Crippen LogP contribution in [0.4, 0.5) is 10.1 Å². The van der Waals surface area contributed by atoms with Crippen molar-refractivity contribution < 1.29 is 14.3 Å². The number of halogens is 1. The molecule has 0 saturated heterocycles. The number of carboxylic acid groups (broad SMARTS) is 1. The van der Waals surface area contributed by atoms with E-state index in [1.54, 1.807) is 18.2 Å². The molecule has 1 N–H and O–H groups in total. The zero-order valence-corrected chi connectivity index (χ0v) is 11.7. The molecule has 0 amide bonds. The minimum Gasteiger partial charge on any atom is -0.478 e. The predicted molar refractivity (Wildman–Crippen MR) is 81.6 cm³/mol. The van der Waals surface area contributed by atoms with Crippen LogP contribution in [0, 0.1) is 5.82 Å². The number of aliphatic carboxylic acids is 1. The van der Waals surface area contributed by atoms with Gasteiger partial charge in [-0.05, 0) is 47.5 Å². The highest BCUT2D eigenvalue weighted by Crippen LogP contribution is 2.17. The highest BCUT2D eigenvalue weighted by atomic mass is 19.1. The Bertz CT molecular complexity index is 650. The standard InChI is InChI=1S/C17H16FNO2/c1-19(16-8-6-15(18)7-9-16)12-14-4-2-3-13(11-14)5-10-17(20)21/h2-11H,12H2,1H3,(H,20,21). The summed E-state index contributed by atoms with van der Waals surface area (Å²) in [6.45, 7) is 0.653. The summed E-state index contributed by atoms with van der Waals surface area (Å²) in [5, 5.41) is 8.63. The third kappa shape index (κ3) is 4.45. The fourth-order valence-corrected chi connectivity index (χ4v) is 2.02. The molecule has 0 saturated carbocycles. The number of hydrogen-bond donors (Lipinski definition) is 1. The molecule has 0 heterocycles. The average molecular weight is 285 g/mol. The third-order valence-electron chi connectivity index (χ3n) is 3.06. The lowest BCUT2D eigenvalue weighted by molar-refractivity contribution is -0.131. The summed E-state index contributed by atoms with van der Waals surface area (Å²) in [5.41, 5.74) is 2.81. The number of carbonyl (C=O) groups is 1. The van der Waals surface area contributed by atoms with E-state index in [0.29, 0.717) is 6.54 Å². The molecule has 2 aromatic rings. The van der Waals surface area contributed by atoms with Crippen molar-refractivity contribution in [3.63, 3.8) is 0 Å². The maximum atomic E-state index is 12.9. The summed E-state index contributed by atoms with van der Waals surface area (Å²) in [4.78, 5) is 12.5. The number of rotatable bonds is 5. The van der Waals surface area contributed by atoms with Crippen molar-refractivity contribution in [1.82, 2.24) is 0 Å². The van der Waals surface area contributed by atoms with Crippen LogP contribution in [0.2, 0.25) is 0 Å². The van der Waals surface area contributed by atoms with Crippen molar-refractivity contribution in [2.24, 2.45) is 0 Å². The van der Waals surface area contributed by atoms with Gasteiger partial charge in [0.2, 0.25) is 0 Å². The molecule has 2 rings (SSSR count). The summed E-state index contributed by atoms with van der Waals surface area (Å²) < 4.78 is 12.9. The molecule has 0 spiro atoms. The van der Waals surface area contributed by atoms with Crippen LogP contribution in [-0.4, -0.2) is 18.1 Å². The summed E-state index contributed by atoms with van der Waals surface area (Å²) in [5.74, 6) is -1.23. The third-order valence-corrected chi connectivity index (χ3v) is 3.06. The molecule has 2 aromatic carbocycles. The van der Waals surface area contributed by atoms with Gasteiger partial charge in [-0.25, -0.2) is 9.18 Å². The fraction of sp³-hybridized carbons (Fsp3) is 0.118. The molecule has 0 fully saturated rings. The van der Waals surface area contributed by atoms with Crippen LogP contribution >= 0.6 is 0 Å². The molecule has 0 bridgehead atoms. The maximum Gasteiger partial charge on any atom is 0.328 e. The Hall–Kier alpha value is -2.62. The van der Waals surface area contributed by atoms with Gasteiger partial charge in [-0.2, -0.15) is 0 Å². The SMILES string of the molecule is CN(Cc1cccc(C=CC(=O)O)c1)c1ccc(F)cc1. The van der Waals surface area contributed by atoms with Gasteiger partial charge in [0.25, 0.3) is 0 Å². The molecule has 4 heteroatoms. The van der Waals surface area contributed by atoms with E-state index in [2.05, 4.69) is 0 Å². The van der Waals surface area contributed by atoms with E-state index in [9.17, 15) is 9.18 Å². The highest BCUT2D eigenvalue weighted by molar-refractivity contribution is 5.85.